The lowest BCUT2D eigenvalue weighted by Crippen LogP contribution is -2.18. The number of aryl methyl sites for hydroxylation is 1. The van der Waals surface area contributed by atoms with E-state index < -0.39 is 0 Å². The lowest BCUT2D eigenvalue weighted by Gasteiger charge is -2.12. The molecule has 0 saturated heterocycles. The Hall–Kier alpha value is -1.27. The molecule has 0 aliphatic heterocycles. The first kappa shape index (κ1) is 13.8. The van der Waals surface area contributed by atoms with Gasteiger partial charge in [-0.3, -0.25) is 0 Å². The van der Waals surface area contributed by atoms with Gasteiger partial charge in [-0.05, 0) is 26.3 Å². The van der Waals surface area contributed by atoms with Crippen molar-refractivity contribution >= 4 is 17.2 Å². The van der Waals surface area contributed by atoms with Gasteiger partial charge in [0.25, 0.3) is 0 Å². The van der Waals surface area contributed by atoms with Crippen LogP contribution in [0.5, 0.6) is 5.88 Å². The minimum atomic E-state index is 0.270. The molecular weight excluding hydrogens is 238 g/mol. The number of rotatable bonds is 6. The number of aromatic nitrogens is 2. The first-order chi connectivity index (χ1) is 8.07. The molecular formula is C11H17N3O2S. The lowest BCUT2D eigenvalue weighted by atomic mass is 10.1. The van der Waals surface area contributed by atoms with Gasteiger partial charge >= 0.3 is 0 Å². The van der Waals surface area contributed by atoms with Crippen molar-refractivity contribution in [3.05, 3.63) is 16.8 Å². The summed E-state index contributed by atoms with van der Waals surface area (Å²) in [5.41, 5.74) is 8.02. The Morgan fingerprint density at radius 1 is 1.29 bits per heavy atom. The summed E-state index contributed by atoms with van der Waals surface area (Å²) in [6.45, 7) is 7.24. The van der Waals surface area contributed by atoms with Crippen molar-refractivity contribution in [2.75, 3.05) is 19.8 Å². The van der Waals surface area contributed by atoms with Gasteiger partial charge in [0, 0.05) is 6.61 Å². The molecule has 0 spiro atoms. The highest BCUT2D eigenvalue weighted by atomic mass is 32.1. The number of nitrogens with two attached hydrogens (primary N) is 1. The summed E-state index contributed by atoms with van der Waals surface area (Å²) < 4.78 is 10.6. The predicted molar refractivity (Wildman–Crippen MR) is 69.4 cm³/mol. The Bertz CT molecular complexity index is 410. The summed E-state index contributed by atoms with van der Waals surface area (Å²) in [4.78, 5) is 0.270. The maximum Gasteiger partial charge on any atom is 0.244 e. The second kappa shape index (κ2) is 6.46. The summed E-state index contributed by atoms with van der Waals surface area (Å²) >= 11 is 5.00. The highest BCUT2D eigenvalue weighted by Gasteiger charge is 2.14. The number of nitrogens with zero attached hydrogens (tertiary/aromatic N) is 2. The Morgan fingerprint density at radius 3 is 2.59 bits per heavy atom. The molecule has 0 amide bonds. The van der Waals surface area contributed by atoms with Crippen LogP contribution in [0, 0.1) is 13.8 Å². The molecule has 0 radical (unpaired) electrons. The van der Waals surface area contributed by atoms with E-state index in [9.17, 15) is 0 Å². The van der Waals surface area contributed by atoms with Gasteiger partial charge in [0.15, 0.2) is 0 Å². The van der Waals surface area contributed by atoms with E-state index in [0.717, 1.165) is 11.3 Å². The van der Waals surface area contributed by atoms with Gasteiger partial charge in [-0.2, -0.15) is 5.10 Å². The van der Waals surface area contributed by atoms with Gasteiger partial charge in [0.1, 0.15) is 11.6 Å². The van der Waals surface area contributed by atoms with Crippen LogP contribution in [0.3, 0.4) is 0 Å². The van der Waals surface area contributed by atoms with Crippen molar-refractivity contribution in [3.63, 3.8) is 0 Å². The Morgan fingerprint density at radius 2 is 2.00 bits per heavy atom. The quantitative estimate of drug-likeness (QED) is 0.607. The average Bonchev–Trinajstić information content (AvgIpc) is 2.28. The summed E-state index contributed by atoms with van der Waals surface area (Å²) in [7, 11) is 0. The van der Waals surface area contributed by atoms with Crippen LogP contribution < -0.4 is 10.5 Å². The maximum atomic E-state index is 5.67. The molecule has 5 nitrogen and oxygen atoms in total. The second-order valence-electron chi connectivity index (χ2n) is 3.50. The zero-order valence-corrected chi connectivity index (χ0v) is 11.1. The third-order valence-corrected chi connectivity index (χ3v) is 2.54. The van der Waals surface area contributed by atoms with Gasteiger partial charge in [0.2, 0.25) is 5.88 Å². The van der Waals surface area contributed by atoms with Crippen molar-refractivity contribution in [1.29, 1.82) is 0 Å². The fourth-order valence-electron chi connectivity index (χ4n) is 1.32. The summed E-state index contributed by atoms with van der Waals surface area (Å²) in [5.74, 6) is 0.375. The van der Waals surface area contributed by atoms with Crippen LogP contribution in [0.2, 0.25) is 0 Å². The second-order valence-corrected chi connectivity index (χ2v) is 3.94. The van der Waals surface area contributed by atoms with Crippen LogP contribution in [0.4, 0.5) is 0 Å². The predicted octanol–water partition coefficient (Wildman–Crippen LogP) is 1.14. The Balaban J connectivity index is 2.84. The van der Waals surface area contributed by atoms with Gasteiger partial charge in [-0.15, -0.1) is 5.10 Å². The van der Waals surface area contributed by atoms with Crippen molar-refractivity contribution in [3.8, 4) is 5.88 Å². The molecule has 0 aromatic carbocycles. The molecule has 1 heterocycles. The largest absolute Gasteiger partial charge is 0.474 e. The van der Waals surface area contributed by atoms with Crippen LogP contribution in [-0.4, -0.2) is 35.0 Å². The highest BCUT2D eigenvalue weighted by molar-refractivity contribution is 7.80. The molecule has 94 valence electrons. The van der Waals surface area contributed by atoms with Crippen LogP contribution in [-0.2, 0) is 4.74 Å². The molecule has 1 aromatic rings. The van der Waals surface area contributed by atoms with Gasteiger partial charge in [-0.25, -0.2) is 0 Å². The van der Waals surface area contributed by atoms with E-state index in [4.69, 9.17) is 27.4 Å². The Kier molecular flexibility index (Phi) is 5.24. The first-order valence-electron chi connectivity index (χ1n) is 5.42. The smallest absolute Gasteiger partial charge is 0.244 e. The highest BCUT2D eigenvalue weighted by Crippen LogP contribution is 2.20. The Labute approximate surface area is 106 Å². The normalized spacial score (nSPS) is 10.3. The van der Waals surface area contributed by atoms with Crippen LogP contribution in [0.15, 0.2) is 0 Å². The molecule has 0 atom stereocenters. The minimum absolute atomic E-state index is 0.270. The third kappa shape index (κ3) is 3.61. The monoisotopic (exact) mass is 255 g/mol. The standard InChI is InChI=1S/C11H17N3O2S/c1-4-15-5-6-16-11-9(10(12)17)7(2)8(3)13-14-11/h4-6H2,1-3H3,(H2,12,17). The van der Waals surface area contributed by atoms with E-state index in [1.165, 1.54) is 0 Å². The molecule has 0 saturated carbocycles. The fraction of sp³-hybridized carbons (Fsp3) is 0.545. The molecule has 1 rings (SSSR count). The number of hydrogen-bond donors (Lipinski definition) is 1. The van der Waals surface area contributed by atoms with E-state index in [1.807, 2.05) is 20.8 Å². The molecule has 0 fully saturated rings. The van der Waals surface area contributed by atoms with Crippen molar-refractivity contribution < 1.29 is 9.47 Å². The van der Waals surface area contributed by atoms with Crippen molar-refractivity contribution in [2.24, 2.45) is 5.73 Å². The first-order valence-corrected chi connectivity index (χ1v) is 5.83. The van der Waals surface area contributed by atoms with E-state index in [0.29, 0.717) is 31.3 Å². The molecule has 2 N–H and O–H groups in total. The van der Waals surface area contributed by atoms with Crippen LogP contribution in [0.1, 0.15) is 23.7 Å². The molecule has 1 aromatic heterocycles. The molecule has 0 aliphatic carbocycles. The molecule has 0 bridgehead atoms. The zero-order chi connectivity index (χ0) is 12.8. The molecule has 0 aliphatic rings. The lowest BCUT2D eigenvalue weighted by molar-refractivity contribution is 0.108. The summed E-state index contributed by atoms with van der Waals surface area (Å²) in [6, 6.07) is 0. The van der Waals surface area contributed by atoms with E-state index >= 15 is 0 Å². The maximum absolute atomic E-state index is 5.67. The SMILES string of the molecule is CCOCCOc1nnc(C)c(C)c1C(N)=S. The van der Waals surface area contributed by atoms with E-state index in [1.54, 1.807) is 0 Å². The molecule has 6 heteroatoms. The minimum Gasteiger partial charge on any atom is -0.474 e. The third-order valence-electron chi connectivity index (χ3n) is 2.34. The number of thiocarbonyl (C=S) groups is 1. The number of hydrogen-bond acceptors (Lipinski definition) is 5. The van der Waals surface area contributed by atoms with Gasteiger partial charge in [0.05, 0.1) is 17.9 Å². The molecule has 0 unspecified atom stereocenters. The summed E-state index contributed by atoms with van der Waals surface area (Å²) in [5, 5.41) is 7.95. The van der Waals surface area contributed by atoms with Gasteiger partial charge < -0.3 is 15.2 Å². The van der Waals surface area contributed by atoms with E-state index in [2.05, 4.69) is 10.2 Å². The van der Waals surface area contributed by atoms with Gasteiger partial charge in [-0.1, -0.05) is 12.2 Å². The molecule has 17 heavy (non-hydrogen) atoms. The topological polar surface area (TPSA) is 70.3 Å². The van der Waals surface area contributed by atoms with Crippen molar-refractivity contribution in [1.82, 2.24) is 10.2 Å². The van der Waals surface area contributed by atoms with Crippen molar-refractivity contribution in [2.45, 2.75) is 20.8 Å². The number of ether oxygens (including phenoxy) is 2. The van der Waals surface area contributed by atoms with E-state index in [-0.39, 0.29) is 4.99 Å². The van der Waals surface area contributed by atoms with Crippen LogP contribution >= 0.6 is 12.2 Å². The fourth-order valence-corrected chi connectivity index (χ4v) is 1.56. The summed E-state index contributed by atoms with van der Waals surface area (Å²) in [6.07, 6.45) is 0. The zero-order valence-electron chi connectivity index (χ0n) is 10.3. The van der Waals surface area contributed by atoms with Crippen LogP contribution in [0.25, 0.3) is 0 Å². The average molecular weight is 255 g/mol.